The maximum atomic E-state index is 12.6. The Morgan fingerprint density at radius 2 is 2.17 bits per heavy atom. The maximum Gasteiger partial charge on any atom is 0.393 e. The highest BCUT2D eigenvalue weighted by atomic mass is 32.1. The molecule has 1 saturated heterocycles. The zero-order chi connectivity index (χ0) is 13.3. The summed E-state index contributed by atoms with van der Waals surface area (Å²) < 4.78 is 37.9. The highest BCUT2D eigenvalue weighted by Crippen LogP contribution is 2.33. The van der Waals surface area contributed by atoms with E-state index in [-0.39, 0.29) is 18.9 Å². The van der Waals surface area contributed by atoms with Crippen molar-refractivity contribution in [1.82, 2.24) is 4.90 Å². The van der Waals surface area contributed by atoms with Gasteiger partial charge in [-0.15, -0.1) is 11.3 Å². The molecule has 1 fully saturated rings. The van der Waals surface area contributed by atoms with Crippen LogP contribution in [0, 0.1) is 12.8 Å². The van der Waals surface area contributed by atoms with E-state index in [2.05, 4.69) is 0 Å². The Bertz CT molecular complexity index is 441. The number of thiophene rings is 1. The second kappa shape index (κ2) is 4.91. The van der Waals surface area contributed by atoms with Gasteiger partial charge in [0, 0.05) is 18.0 Å². The Hall–Kier alpha value is -1.04. The largest absolute Gasteiger partial charge is 0.393 e. The smallest absolute Gasteiger partial charge is 0.337 e. The molecule has 0 radical (unpaired) electrons. The number of amides is 1. The number of nitrogens with zero attached hydrogens (tertiary/aromatic N) is 1. The van der Waals surface area contributed by atoms with Crippen LogP contribution in [0.15, 0.2) is 12.1 Å². The third-order valence-electron chi connectivity index (χ3n) is 3.12. The Kier molecular flexibility index (Phi) is 3.66. The van der Waals surface area contributed by atoms with Crippen molar-refractivity contribution in [2.75, 3.05) is 13.1 Å². The van der Waals surface area contributed by atoms with E-state index < -0.39 is 12.1 Å². The normalized spacial score (nSPS) is 21.1. The molecule has 1 aliphatic heterocycles. The summed E-state index contributed by atoms with van der Waals surface area (Å²) in [5.74, 6) is -1.65. The van der Waals surface area contributed by atoms with E-state index in [1.807, 2.05) is 13.0 Å². The number of piperidine rings is 1. The number of rotatable bonds is 1. The summed E-state index contributed by atoms with van der Waals surface area (Å²) in [6.07, 6.45) is -3.67. The molecule has 100 valence electrons. The Labute approximate surface area is 107 Å². The molecule has 1 atom stereocenters. The van der Waals surface area contributed by atoms with Gasteiger partial charge in [-0.3, -0.25) is 4.79 Å². The molecule has 18 heavy (non-hydrogen) atoms. The lowest BCUT2D eigenvalue weighted by Gasteiger charge is -2.33. The van der Waals surface area contributed by atoms with Gasteiger partial charge in [-0.05, 0) is 31.9 Å². The van der Waals surface area contributed by atoms with Crippen LogP contribution in [0.3, 0.4) is 0 Å². The first kappa shape index (κ1) is 13.4. The zero-order valence-electron chi connectivity index (χ0n) is 9.96. The molecule has 1 aromatic heterocycles. The van der Waals surface area contributed by atoms with E-state index in [4.69, 9.17) is 0 Å². The number of halogens is 3. The van der Waals surface area contributed by atoms with Crippen LogP contribution in [0.5, 0.6) is 0 Å². The summed E-state index contributed by atoms with van der Waals surface area (Å²) in [4.78, 5) is 14.9. The Balaban J connectivity index is 2.07. The predicted octanol–water partition coefficient (Wildman–Crippen LogP) is 3.47. The van der Waals surface area contributed by atoms with Crippen LogP contribution in [0.4, 0.5) is 13.2 Å². The van der Waals surface area contributed by atoms with Gasteiger partial charge in [0.05, 0.1) is 10.8 Å². The van der Waals surface area contributed by atoms with Gasteiger partial charge in [0.15, 0.2) is 0 Å². The van der Waals surface area contributed by atoms with Crippen LogP contribution < -0.4 is 0 Å². The number of carbonyl (C=O) groups is 1. The lowest BCUT2D eigenvalue weighted by atomic mass is 9.97. The van der Waals surface area contributed by atoms with Crippen molar-refractivity contribution in [3.63, 3.8) is 0 Å². The molecule has 1 aliphatic rings. The fourth-order valence-corrected chi connectivity index (χ4v) is 2.97. The van der Waals surface area contributed by atoms with Gasteiger partial charge in [-0.25, -0.2) is 0 Å². The molecule has 0 N–H and O–H groups in total. The van der Waals surface area contributed by atoms with Gasteiger partial charge in [0.2, 0.25) is 0 Å². The van der Waals surface area contributed by atoms with Crippen LogP contribution in [0.2, 0.25) is 0 Å². The first-order valence-electron chi connectivity index (χ1n) is 5.80. The number of carbonyl (C=O) groups excluding carboxylic acids is 1. The molecule has 0 bridgehead atoms. The van der Waals surface area contributed by atoms with Crippen molar-refractivity contribution in [1.29, 1.82) is 0 Å². The standard InChI is InChI=1S/C12H14F3NOS/c1-8-4-5-10(18-8)11(17)16-6-2-3-9(7-16)12(13,14)15/h4-5,9H,2-3,6-7H2,1H3. The summed E-state index contributed by atoms with van der Waals surface area (Å²) in [7, 11) is 0. The number of alkyl halides is 3. The van der Waals surface area contributed by atoms with Gasteiger partial charge in [-0.2, -0.15) is 13.2 Å². The molecule has 2 rings (SSSR count). The summed E-state index contributed by atoms with van der Waals surface area (Å²) in [6.45, 7) is 2.08. The molecule has 1 aromatic rings. The van der Waals surface area contributed by atoms with Gasteiger partial charge >= 0.3 is 6.18 Å². The van der Waals surface area contributed by atoms with Crippen molar-refractivity contribution >= 4 is 17.2 Å². The average molecular weight is 277 g/mol. The summed E-state index contributed by atoms with van der Waals surface area (Å²) in [6, 6.07) is 3.49. The highest BCUT2D eigenvalue weighted by molar-refractivity contribution is 7.13. The van der Waals surface area contributed by atoms with E-state index in [0.29, 0.717) is 17.8 Å². The average Bonchev–Trinajstić information content (AvgIpc) is 2.74. The molecule has 0 spiro atoms. The second-order valence-electron chi connectivity index (χ2n) is 4.54. The van der Waals surface area contributed by atoms with E-state index >= 15 is 0 Å². The molecule has 2 nitrogen and oxygen atoms in total. The monoisotopic (exact) mass is 277 g/mol. The third kappa shape index (κ3) is 2.85. The lowest BCUT2D eigenvalue weighted by molar-refractivity contribution is -0.184. The van der Waals surface area contributed by atoms with Crippen LogP contribution in [-0.4, -0.2) is 30.1 Å². The molecule has 1 amide bonds. The van der Waals surface area contributed by atoms with Gasteiger partial charge in [-0.1, -0.05) is 0 Å². The van der Waals surface area contributed by atoms with Crippen LogP contribution in [-0.2, 0) is 0 Å². The number of hydrogen-bond donors (Lipinski definition) is 0. The number of hydrogen-bond acceptors (Lipinski definition) is 2. The SMILES string of the molecule is Cc1ccc(C(=O)N2CCCC(C(F)(F)F)C2)s1. The third-order valence-corrected chi connectivity index (χ3v) is 4.11. The molecule has 6 heteroatoms. The quantitative estimate of drug-likeness (QED) is 0.769. The molecule has 2 heterocycles. The molecule has 0 saturated carbocycles. The molecular weight excluding hydrogens is 263 g/mol. The number of likely N-dealkylation sites (tertiary alicyclic amines) is 1. The lowest BCUT2D eigenvalue weighted by Crippen LogP contribution is -2.44. The molecule has 1 unspecified atom stereocenters. The first-order valence-corrected chi connectivity index (χ1v) is 6.62. The zero-order valence-corrected chi connectivity index (χ0v) is 10.8. The van der Waals surface area contributed by atoms with Crippen LogP contribution >= 0.6 is 11.3 Å². The first-order chi connectivity index (χ1) is 8.38. The topological polar surface area (TPSA) is 20.3 Å². The minimum Gasteiger partial charge on any atom is -0.337 e. The fraction of sp³-hybridized carbons (Fsp3) is 0.583. The molecular formula is C12H14F3NOS. The molecule has 0 aromatic carbocycles. The van der Waals surface area contributed by atoms with Gasteiger partial charge in [0.25, 0.3) is 5.91 Å². The second-order valence-corrected chi connectivity index (χ2v) is 5.83. The van der Waals surface area contributed by atoms with Crippen molar-refractivity contribution < 1.29 is 18.0 Å². The van der Waals surface area contributed by atoms with Crippen molar-refractivity contribution in [2.24, 2.45) is 5.92 Å². The summed E-state index contributed by atoms with van der Waals surface area (Å²) in [5.41, 5.74) is 0. The van der Waals surface area contributed by atoms with Gasteiger partial charge in [0.1, 0.15) is 0 Å². The van der Waals surface area contributed by atoms with E-state index in [1.165, 1.54) is 16.2 Å². The minimum absolute atomic E-state index is 0.122. The minimum atomic E-state index is -4.20. The number of aryl methyl sites for hydroxylation is 1. The van der Waals surface area contributed by atoms with E-state index in [1.54, 1.807) is 6.07 Å². The summed E-state index contributed by atoms with van der Waals surface area (Å²) in [5, 5.41) is 0. The molecule has 0 aliphatic carbocycles. The Morgan fingerprint density at radius 1 is 1.44 bits per heavy atom. The Morgan fingerprint density at radius 3 is 2.72 bits per heavy atom. The summed E-state index contributed by atoms with van der Waals surface area (Å²) >= 11 is 1.33. The van der Waals surface area contributed by atoms with E-state index in [9.17, 15) is 18.0 Å². The van der Waals surface area contributed by atoms with Crippen molar-refractivity contribution in [3.8, 4) is 0 Å². The van der Waals surface area contributed by atoms with Crippen molar-refractivity contribution in [2.45, 2.75) is 25.9 Å². The van der Waals surface area contributed by atoms with Crippen LogP contribution in [0.25, 0.3) is 0 Å². The fourth-order valence-electron chi connectivity index (χ4n) is 2.13. The predicted molar refractivity (Wildman–Crippen MR) is 63.7 cm³/mol. The maximum absolute atomic E-state index is 12.6. The highest BCUT2D eigenvalue weighted by Gasteiger charge is 2.42. The van der Waals surface area contributed by atoms with Crippen LogP contribution in [0.1, 0.15) is 27.4 Å². The van der Waals surface area contributed by atoms with Crippen molar-refractivity contribution in [3.05, 3.63) is 21.9 Å². The van der Waals surface area contributed by atoms with E-state index in [0.717, 1.165) is 4.88 Å². The van der Waals surface area contributed by atoms with Gasteiger partial charge < -0.3 is 4.90 Å².